The van der Waals surface area contributed by atoms with Crippen LogP contribution in [-0.2, 0) is 52.2 Å². The van der Waals surface area contributed by atoms with Gasteiger partial charge in [-0.3, -0.25) is 4.79 Å². The summed E-state index contributed by atoms with van der Waals surface area (Å²) in [6.45, 7) is 15.9. The van der Waals surface area contributed by atoms with Gasteiger partial charge in [0.2, 0.25) is 6.29 Å². The second-order valence-electron chi connectivity index (χ2n) is 28.3. The fraction of sp³-hybridized carbons (Fsp3) is 0.949. The Bertz CT molecular complexity index is 2380. The first-order chi connectivity index (χ1) is 39.7. The fourth-order valence-electron chi connectivity index (χ4n) is 17.8. The second kappa shape index (κ2) is 24.1. The van der Waals surface area contributed by atoms with Crippen LogP contribution in [-0.4, -0.2) is 262 Å². The van der Waals surface area contributed by atoms with E-state index in [4.69, 9.17) is 47.4 Å². The summed E-state index contributed by atoms with van der Waals surface area (Å²) in [6.07, 6.45) is -31.7. The van der Waals surface area contributed by atoms with Gasteiger partial charge in [-0.15, -0.1) is 0 Å². The van der Waals surface area contributed by atoms with E-state index >= 15 is 4.79 Å². The Morgan fingerprint density at radius 1 is 0.541 bits per heavy atom. The van der Waals surface area contributed by atoms with E-state index in [1.54, 1.807) is 6.92 Å². The SMILES string of the molecule is C[C@@H]1O[C@@H](O[C@H]2[C@H](OC(=O)[C@]34CC[C@H](C)[C@@](C)(O)[C@H]3C3=CC[C@@H]5[C@@]6(C)CCC(O[C@@H]7OC[C@H](O)[C@H](O[C@@H]8O[C@H](CO)[C@@H](O)[C@H](O)[C@H]8O)[C@H]7O[C@@H]7O[C@@H](C)[C@H](O)[C@@H](O)[C@H]7O)C(C)(C)[C@@H]6CC[C@@]5(C)[C@]3(C)CC4)O[C@H](CO)[C@@H](O)[C@@H]2O)[C@H](O)[C@H](O)[C@H]1O. The highest BCUT2D eigenvalue weighted by Crippen LogP contribution is 2.76. The number of ether oxygens (including phenoxy) is 10. The summed E-state index contributed by atoms with van der Waals surface area (Å²) in [6, 6.07) is 0. The highest BCUT2D eigenvalue weighted by atomic mass is 16.8. The molecule has 0 aromatic heterocycles. The Morgan fingerprint density at radius 3 is 1.66 bits per heavy atom. The third-order valence-corrected chi connectivity index (χ3v) is 23.5. The molecule has 10 aliphatic rings. The maximum atomic E-state index is 15.4. The largest absolute Gasteiger partial charge is 0.432 e. The third kappa shape index (κ3) is 10.7. The Hall–Kier alpha value is -1.75. The van der Waals surface area contributed by atoms with Crippen molar-refractivity contribution in [2.24, 2.45) is 50.7 Å². The number of allylic oxidation sites excluding steroid dienone is 1. The first-order valence-corrected chi connectivity index (χ1v) is 30.6. The van der Waals surface area contributed by atoms with Crippen LogP contribution < -0.4 is 0 Å². The lowest BCUT2D eigenvalue weighted by Gasteiger charge is -2.72. The average molecular weight is 1220 g/mol. The minimum Gasteiger partial charge on any atom is -0.432 e. The predicted octanol–water partition coefficient (Wildman–Crippen LogP) is -2.55. The molecule has 0 radical (unpaired) electrons. The summed E-state index contributed by atoms with van der Waals surface area (Å²) >= 11 is 0. The average Bonchev–Trinajstić information content (AvgIpc) is 0.682. The zero-order chi connectivity index (χ0) is 62.2. The molecule has 15 N–H and O–H groups in total. The minimum atomic E-state index is -1.86. The number of hydrogen-bond acceptors (Lipinski definition) is 26. The van der Waals surface area contributed by atoms with Crippen LogP contribution >= 0.6 is 0 Å². The van der Waals surface area contributed by atoms with E-state index in [-0.39, 0.29) is 41.6 Å². The van der Waals surface area contributed by atoms with E-state index in [0.29, 0.717) is 38.5 Å². The number of fused-ring (bicyclic) bond motifs is 7. The normalized spacial score (nSPS) is 56.1. The van der Waals surface area contributed by atoms with Gasteiger partial charge in [-0.25, -0.2) is 0 Å². The second-order valence-corrected chi connectivity index (χ2v) is 28.3. The molecular formula is C59H96O26. The van der Waals surface area contributed by atoms with Crippen LogP contribution in [0.15, 0.2) is 11.6 Å². The van der Waals surface area contributed by atoms with Crippen molar-refractivity contribution in [3.05, 3.63) is 11.6 Å². The van der Waals surface area contributed by atoms with Crippen LogP contribution in [0.5, 0.6) is 0 Å². The van der Waals surface area contributed by atoms with Crippen LogP contribution in [0.25, 0.3) is 0 Å². The van der Waals surface area contributed by atoms with Crippen molar-refractivity contribution >= 4 is 5.97 Å². The van der Waals surface area contributed by atoms with Crippen LogP contribution in [0.3, 0.4) is 0 Å². The monoisotopic (exact) mass is 1220 g/mol. The quantitative estimate of drug-likeness (QED) is 0.0544. The Morgan fingerprint density at radius 2 is 1.07 bits per heavy atom. The Balaban J connectivity index is 0.916. The number of aliphatic hydroxyl groups excluding tert-OH is 14. The maximum Gasteiger partial charge on any atom is 0.315 e. The molecule has 26 nitrogen and oxygen atoms in total. The van der Waals surface area contributed by atoms with Crippen molar-refractivity contribution < 1.29 is 129 Å². The van der Waals surface area contributed by atoms with Crippen molar-refractivity contribution in [3.63, 3.8) is 0 Å². The predicted molar refractivity (Wildman–Crippen MR) is 288 cm³/mol. The summed E-state index contributed by atoms with van der Waals surface area (Å²) in [4.78, 5) is 15.4. The molecule has 1 unspecified atom stereocenters. The van der Waals surface area contributed by atoms with Crippen LogP contribution in [0, 0.1) is 50.7 Å². The first-order valence-electron chi connectivity index (χ1n) is 30.6. The highest BCUT2D eigenvalue weighted by Gasteiger charge is 2.72. The van der Waals surface area contributed by atoms with Gasteiger partial charge in [0.1, 0.15) is 97.7 Å². The molecule has 5 heterocycles. The molecule has 10 rings (SSSR count). The number of hydrogen-bond donors (Lipinski definition) is 15. The molecule has 5 aliphatic heterocycles. The lowest BCUT2D eigenvalue weighted by molar-refractivity contribution is -0.388. The molecular weight excluding hydrogens is 1120 g/mol. The van der Waals surface area contributed by atoms with Gasteiger partial charge < -0.3 is 124 Å². The van der Waals surface area contributed by atoms with Crippen LogP contribution in [0.4, 0.5) is 0 Å². The molecule has 0 bridgehead atoms. The van der Waals surface area contributed by atoms with Crippen molar-refractivity contribution in [1.82, 2.24) is 0 Å². The summed E-state index contributed by atoms with van der Waals surface area (Å²) < 4.78 is 61.3. The van der Waals surface area contributed by atoms with Gasteiger partial charge >= 0.3 is 5.97 Å². The molecule has 5 aliphatic carbocycles. The Kier molecular flexibility index (Phi) is 18.7. The highest BCUT2D eigenvalue weighted by molar-refractivity contribution is 5.79. The van der Waals surface area contributed by atoms with E-state index in [9.17, 15) is 76.6 Å². The van der Waals surface area contributed by atoms with Gasteiger partial charge in [0, 0.05) is 5.92 Å². The zero-order valence-electron chi connectivity index (χ0n) is 50.0. The third-order valence-electron chi connectivity index (χ3n) is 23.5. The molecule has 5 saturated heterocycles. The Labute approximate surface area is 494 Å². The first kappa shape index (κ1) is 66.2. The van der Waals surface area contributed by atoms with Gasteiger partial charge in [-0.2, -0.15) is 0 Å². The number of carbonyl (C=O) groups excluding carboxylic acids is 1. The van der Waals surface area contributed by atoms with Gasteiger partial charge in [0.05, 0.1) is 49.1 Å². The molecule has 0 amide bonds. The van der Waals surface area contributed by atoms with Crippen molar-refractivity contribution in [3.8, 4) is 0 Å². The van der Waals surface area contributed by atoms with E-state index in [0.717, 1.165) is 18.4 Å². The summed E-state index contributed by atoms with van der Waals surface area (Å²) in [5.74, 6) is -1.66. The van der Waals surface area contributed by atoms with Gasteiger partial charge in [0.25, 0.3) is 0 Å². The molecule has 488 valence electrons. The lowest BCUT2D eigenvalue weighted by Crippen LogP contribution is -2.69. The van der Waals surface area contributed by atoms with E-state index in [1.165, 1.54) is 13.8 Å². The fourth-order valence-corrected chi connectivity index (χ4v) is 17.8. The molecule has 4 saturated carbocycles. The summed E-state index contributed by atoms with van der Waals surface area (Å²) in [5, 5.41) is 164. The lowest BCUT2D eigenvalue weighted by atomic mass is 9.33. The molecule has 0 spiro atoms. The molecule has 85 heavy (non-hydrogen) atoms. The van der Waals surface area contributed by atoms with Gasteiger partial charge in [0.15, 0.2) is 31.3 Å². The van der Waals surface area contributed by atoms with E-state index in [2.05, 4.69) is 40.7 Å². The molecule has 34 atom stereocenters. The van der Waals surface area contributed by atoms with Gasteiger partial charge in [-0.05, 0) is 118 Å². The van der Waals surface area contributed by atoms with E-state index < -0.39 is 200 Å². The number of rotatable bonds is 12. The summed E-state index contributed by atoms with van der Waals surface area (Å²) in [7, 11) is 0. The molecule has 0 aromatic carbocycles. The van der Waals surface area contributed by atoms with Crippen LogP contribution in [0.2, 0.25) is 0 Å². The smallest absolute Gasteiger partial charge is 0.315 e. The number of aliphatic hydroxyl groups is 15. The summed E-state index contributed by atoms with van der Waals surface area (Å²) in [5.41, 5.74) is -3.68. The standard InChI is InChI=1S/C59H96O26/c1-23-12-17-59(53(74)85-52-45(40(70)36(66)29(21-61)80-52)83-48-41(71)37(67)33(63)24(2)77-48)19-18-56(7)26(47(59)58(23,9)75)10-11-31-55(6)15-14-32(54(4,5)30(55)13-16-57(31,56)8)81-51-46(84-49-42(72)38(68)34(64)25(3)78-49)44(27(62)22-76-51)82-50-43(73)39(69)35(65)28(20-60)79-50/h10,23-25,27-52,60-73,75H,11-22H2,1-9H3/t23-,24-,25-,27-,28+,29+,30-,31+,32?,33-,34-,35+,36+,37+,38+,39-,40-,41+,42+,43+,44-,45+,46+,47+,48-,49-,50-,51-,52-,55-,56+,57+,58+,59-/m0/s1. The van der Waals surface area contributed by atoms with Crippen molar-refractivity contribution in [1.29, 1.82) is 0 Å². The minimum absolute atomic E-state index is 0.0282. The number of carbonyl (C=O) groups is 1. The van der Waals surface area contributed by atoms with E-state index in [1.807, 2.05) is 6.92 Å². The molecule has 0 aromatic rings. The van der Waals surface area contributed by atoms with Crippen molar-refractivity contribution in [2.75, 3.05) is 19.8 Å². The molecule has 26 heteroatoms. The van der Waals surface area contributed by atoms with Crippen LogP contribution in [0.1, 0.15) is 120 Å². The molecule has 9 fully saturated rings. The van der Waals surface area contributed by atoms with Crippen molar-refractivity contribution in [2.45, 2.75) is 279 Å². The van der Waals surface area contributed by atoms with Gasteiger partial charge in [-0.1, -0.05) is 53.2 Å². The maximum absolute atomic E-state index is 15.4. The zero-order valence-corrected chi connectivity index (χ0v) is 50.0. The number of esters is 1. The topological polar surface area (TPSA) is 413 Å².